The minimum Gasteiger partial charge on any atom is -0.495 e. The van der Waals surface area contributed by atoms with Gasteiger partial charge in [-0.1, -0.05) is 50.1 Å². The molecule has 1 saturated heterocycles. The lowest BCUT2D eigenvalue weighted by Gasteiger charge is -2.27. The standard InChI is InChI=1S/C22H26N4O6S/c1-3-4-12-22(15-8-6-5-7-9-15)20(28)26(21(29)25-22)14-19(27)24-16-10-11-17(32-2)18(13-16)33(23,30)31/h5-11,13H,3-4,12,14H2,1-2H3,(H,24,27)(H,25,29)(H2,23,30,31)/t22-/m1/s1. The van der Waals surface area contributed by atoms with Gasteiger partial charge in [0.25, 0.3) is 5.91 Å². The second-order valence-corrected chi connectivity index (χ2v) is 9.19. The highest BCUT2D eigenvalue weighted by Crippen LogP contribution is 2.34. The van der Waals surface area contributed by atoms with Gasteiger partial charge in [-0.15, -0.1) is 0 Å². The summed E-state index contributed by atoms with van der Waals surface area (Å²) >= 11 is 0. The van der Waals surface area contributed by atoms with Crippen molar-refractivity contribution in [2.24, 2.45) is 5.14 Å². The van der Waals surface area contributed by atoms with Crippen molar-refractivity contribution >= 4 is 33.6 Å². The number of nitrogens with two attached hydrogens (primary N) is 1. The Kier molecular flexibility index (Phi) is 7.04. The van der Waals surface area contributed by atoms with Crippen LogP contribution in [0.3, 0.4) is 0 Å². The Balaban J connectivity index is 1.82. The van der Waals surface area contributed by atoms with E-state index in [0.29, 0.717) is 18.4 Å². The van der Waals surface area contributed by atoms with E-state index >= 15 is 0 Å². The number of methoxy groups -OCH3 is 1. The molecule has 2 aromatic rings. The summed E-state index contributed by atoms with van der Waals surface area (Å²) in [5, 5.41) is 10.5. The molecule has 2 aromatic carbocycles. The summed E-state index contributed by atoms with van der Waals surface area (Å²) in [6.07, 6.45) is 1.91. The number of nitrogens with zero attached hydrogens (tertiary/aromatic N) is 1. The van der Waals surface area contributed by atoms with Crippen LogP contribution in [0.1, 0.15) is 31.7 Å². The molecular formula is C22H26N4O6S. The molecule has 4 amide bonds. The SMILES string of the molecule is CCCC[C@]1(c2ccccc2)NC(=O)N(CC(=O)Nc2ccc(OC)c(S(N)(=O)=O)c2)C1=O. The van der Waals surface area contributed by atoms with Crippen LogP contribution in [0.2, 0.25) is 0 Å². The molecule has 1 fully saturated rings. The summed E-state index contributed by atoms with van der Waals surface area (Å²) in [4.78, 5) is 39.2. The van der Waals surface area contributed by atoms with Crippen LogP contribution in [-0.2, 0) is 25.2 Å². The first-order valence-electron chi connectivity index (χ1n) is 10.3. The Labute approximate surface area is 192 Å². The average Bonchev–Trinajstić information content (AvgIpc) is 3.02. The Morgan fingerprint density at radius 3 is 2.48 bits per heavy atom. The van der Waals surface area contributed by atoms with Gasteiger partial charge in [0.2, 0.25) is 15.9 Å². The van der Waals surface area contributed by atoms with E-state index < -0.39 is 40.0 Å². The fourth-order valence-electron chi connectivity index (χ4n) is 3.76. The summed E-state index contributed by atoms with van der Waals surface area (Å²) in [5.74, 6) is -1.17. The Hall–Kier alpha value is -3.44. The summed E-state index contributed by atoms with van der Waals surface area (Å²) in [7, 11) is -2.81. The molecule has 0 saturated carbocycles. The molecule has 0 aliphatic carbocycles. The second-order valence-electron chi connectivity index (χ2n) is 7.66. The van der Waals surface area contributed by atoms with E-state index in [1.54, 1.807) is 24.3 Å². The highest BCUT2D eigenvalue weighted by atomic mass is 32.2. The number of ether oxygens (including phenoxy) is 1. The Morgan fingerprint density at radius 1 is 1.18 bits per heavy atom. The predicted molar refractivity (Wildman–Crippen MR) is 121 cm³/mol. The number of hydrogen-bond donors (Lipinski definition) is 3. The molecule has 1 aliphatic heterocycles. The van der Waals surface area contributed by atoms with E-state index in [1.165, 1.54) is 19.2 Å². The first-order valence-corrected chi connectivity index (χ1v) is 11.9. The molecule has 11 heteroatoms. The fraction of sp³-hybridized carbons (Fsp3) is 0.318. The molecule has 3 rings (SSSR count). The van der Waals surface area contributed by atoms with Crippen LogP contribution in [0.4, 0.5) is 10.5 Å². The molecule has 1 atom stereocenters. The maximum absolute atomic E-state index is 13.4. The Morgan fingerprint density at radius 2 is 1.88 bits per heavy atom. The van der Waals surface area contributed by atoms with Gasteiger partial charge >= 0.3 is 6.03 Å². The molecular weight excluding hydrogens is 448 g/mol. The van der Waals surface area contributed by atoms with Crippen molar-refractivity contribution in [3.63, 3.8) is 0 Å². The minimum atomic E-state index is -4.10. The number of amides is 4. The lowest BCUT2D eigenvalue weighted by atomic mass is 9.85. The minimum absolute atomic E-state index is 0.0215. The normalized spacial score (nSPS) is 18.2. The summed E-state index contributed by atoms with van der Waals surface area (Å²) in [6.45, 7) is 1.44. The zero-order valence-electron chi connectivity index (χ0n) is 18.3. The van der Waals surface area contributed by atoms with Gasteiger partial charge < -0.3 is 15.4 Å². The van der Waals surface area contributed by atoms with Gasteiger partial charge in [-0.25, -0.2) is 18.4 Å². The van der Waals surface area contributed by atoms with Crippen molar-refractivity contribution in [3.05, 3.63) is 54.1 Å². The third kappa shape index (κ3) is 4.99. The quantitative estimate of drug-likeness (QED) is 0.473. The van der Waals surface area contributed by atoms with Crippen molar-refractivity contribution in [1.82, 2.24) is 10.2 Å². The first-order chi connectivity index (χ1) is 15.6. The lowest BCUT2D eigenvalue weighted by Crippen LogP contribution is -2.44. The molecule has 33 heavy (non-hydrogen) atoms. The van der Waals surface area contributed by atoms with Crippen LogP contribution in [-0.4, -0.2) is 44.8 Å². The van der Waals surface area contributed by atoms with Crippen molar-refractivity contribution in [1.29, 1.82) is 0 Å². The van der Waals surface area contributed by atoms with Gasteiger partial charge in [-0.2, -0.15) is 0 Å². The molecule has 0 bridgehead atoms. The van der Waals surface area contributed by atoms with Crippen LogP contribution in [0.15, 0.2) is 53.4 Å². The number of sulfonamides is 1. The summed E-state index contributed by atoms with van der Waals surface area (Å²) in [6, 6.07) is 12.2. The maximum atomic E-state index is 13.4. The van der Waals surface area contributed by atoms with Gasteiger partial charge in [0.1, 0.15) is 22.7 Å². The number of carbonyl (C=O) groups excluding carboxylic acids is 3. The Bertz CT molecular complexity index is 1170. The van der Waals surface area contributed by atoms with E-state index in [0.717, 1.165) is 17.4 Å². The van der Waals surface area contributed by atoms with Crippen LogP contribution in [0, 0.1) is 0 Å². The first kappa shape index (κ1) is 24.2. The van der Waals surface area contributed by atoms with Gasteiger partial charge in [0.15, 0.2) is 0 Å². The van der Waals surface area contributed by atoms with E-state index in [9.17, 15) is 22.8 Å². The third-order valence-electron chi connectivity index (χ3n) is 5.40. The van der Waals surface area contributed by atoms with Gasteiger partial charge in [0, 0.05) is 5.69 Å². The monoisotopic (exact) mass is 474 g/mol. The van der Waals surface area contributed by atoms with E-state index in [2.05, 4.69) is 10.6 Å². The number of nitrogens with one attached hydrogen (secondary N) is 2. The largest absolute Gasteiger partial charge is 0.495 e. The third-order valence-corrected chi connectivity index (χ3v) is 6.34. The summed E-state index contributed by atoms with van der Waals surface area (Å²) in [5.41, 5.74) is -0.472. The second kappa shape index (κ2) is 9.59. The van der Waals surface area contributed by atoms with Crippen LogP contribution in [0.25, 0.3) is 0 Å². The molecule has 1 heterocycles. The zero-order chi connectivity index (χ0) is 24.2. The smallest absolute Gasteiger partial charge is 0.325 e. The molecule has 1 aliphatic rings. The zero-order valence-corrected chi connectivity index (χ0v) is 19.1. The molecule has 4 N–H and O–H groups in total. The average molecular weight is 475 g/mol. The fourth-order valence-corrected chi connectivity index (χ4v) is 4.49. The molecule has 0 aromatic heterocycles. The highest BCUT2D eigenvalue weighted by Gasteiger charge is 2.52. The van der Waals surface area contributed by atoms with Gasteiger partial charge in [-0.3, -0.25) is 14.5 Å². The van der Waals surface area contributed by atoms with Crippen LogP contribution < -0.4 is 20.5 Å². The highest BCUT2D eigenvalue weighted by molar-refractivity contribution is 7.89. The molecule has 10 nitrogen and oxygen atoms in total. The number of rotatable bonds is 9. The van der Waals surface area contributed by atoms with Crippen molar-refractivity contribution in [3.8, 4) is 5.75 Å². The maximum Gasteiger partial charge on any atom is 0.325 e. The predicted octanol–water partition coefficient (Wildman–Crippen LogP) is 1.92. The van der Waals surface area contributed by atoms with Crippen LogP contribution in [0.5, 0.6) is 5.75 Å². The molecule has 0 spiro atoms. The van der Waals surface area contributed by atoms with Crippen molar-refractivity contribution in [2.45, 2.75) is 36.6 Å². The van der Waals surface area contributed by atoms with E-state index in [4.69, 9.17) is 9.88 Å². The molecule has 176 valence electrons. The number of carbonyl (C=O) groups is 3. The van der Waals surface area contributed by atoms with Gasteiger partial charge in [-0.05, 0) is 30.2 Å². The summed E-state index contributed by atoms with van der Waals surface area (Å²) < 4.78 is 28.6. The van der Waals surface area contributed by atoms with Crippen molar-refractivity contribution < 1.29 is 27.5 Å². The van der Waals surface area contributed by atoms with E-state index in [1.807, 2.05) is 13.0 Å². The lowest BCUT2D eigenvalue weighted by molar-refractivity contribution is -0.134. The number of anilines is 1. The number of imide groups is 1. The van der Waals surface area contributed by atoms with Crippen LogP contribution >= 0.6 is 0 Å². The number of primary sulfonamides is 1. The van der Waals surface area contributed by atoms with Crippen molar-refractivity contribution in [2.75, 3.05) is 19.0 Å². The number of urea groups is 1. The molecule has 0 radical (unpaired) electrons. The van der Waals surface area contributed by atoms with E-state index in [-0.39, 0.29) is 16.3 Å². The number of benzene rings is 2. The number of unbranched alkanes of at least 4 members (excludes halogenated alkanes) is 1. The van der Waals surface area contributed by atoms with Gasteiger partial charge in [0.05, 0.1) is 7.11 Å². The number of hydrogen-bond acceptors (Lipinski definition) is 6. The topological polar surface area (TPSA) is 148 Å². The molecule has 0 unspecified atom stereocenters.